The Morgan fingerprint density at radius 2 is 1.62 bits per heavy atom. The van der Waals surface area contributed by atoms with Crippen molar-refractivity contribution in [2.24, 2.45) is 16.6 Å². The largest absolute Gasteiger partial charge is 0.481 e. The number of carboxylic acid groups (broad SMARTS) is 1. The van der Waals surface area contributed by atoms with Crippen LogP contribution >= 0.6 is 0 Å². The average Bonchev–Trinajstić information content (AvgIpc) is 2.71. The van der Waals surface area contributed by atoms with Crippen LogP contribution in [0.1, 0.15) is 57.8 Å². The summed E-state index contributed by atoms with van der Waals surface area (Å²) in [5, 5.41) is 8.96. The van der Waals surface area contributed by atoms with Crippen LogP contribution in [0.3, 0.4) is 0 Å². The van der Waals surface area contributed by atoms with Crippen LogP contribution in [0.15, 0.2) is 0 Å². The Balaban J connectivity index is 1.98. The highest BCUT2D eigenvalue weighted by molar-refractivity contribution is 5.67. The third-order valence-corrected chi connectivity index (χ3v) is 4.99. The fraction of sp³-hybridized carbons (Fsp3) is 0.923. The van der Waals surface area contributed by atoms with Crippen LogP contribution in [0.25, 0.3) is 0 Å². The molecule has 0 atom stereocenters. The molecule has 2 aliphatic rings. The molecule has 92 valence electrons. The van der Waals surface area contributed by atoms with E-state index in [1.807, 2.05) is 0 Å². The zero-order chi connectivity index (χ0) is 11.6. The molecule has 0 heterocycles. The van der Waals surface area contributed by atoms with Gasteiger partial charge in [-0.15, -0.1) is 0 Å². The average molecular weight is 225 g/mol. The van der Waals surface area contributed by atoms with Gasteiger partial charge in [0.05, 0.1) is 6.42 Å². The molecule has 0 aromatic heterocycles. The minimum absolute atomic E-state index is 0.0975. The molecule has 0 aliphatic heterocycles. The van der Waals surface area contributed by atoms with Crippen molar-refractivity contribution in [1.82, 2.24) is 0 Å². The molecule has 2 rings (SSSR count). The summed E-state index contributed by atoms with van der Waals surface area (Å²) in [5.41, 5.74) is 6.28. The van der Waals surface area contributed by atoms with Crippen molar-refractivity contribution in [1.29, 1.82) is 0 Å². The van der Waals surface area contributed by atoms with Gasteiger partial charge in [-0.05, 0) is 55.9 Å². The quantitative estimate of drug-likeness (QED) is 0.775. The maximum absolute atomic E-state index is 10.9. The van der Waals surface area contributed by atoms with Gasteiger partial charge >= 0.3 is 5.97 Å². The van der Waals surface area contributed by atoms with Crippen molar-refractivity contribution in [3.05, 3.63) is 0 Å². The molecule has 3 nitrogen and oxygen atoms in total. The van der Waals surface area contributed by atoms with Gasteiger partial charge in [-0.25, -0.2) is 0 Å². The first-order valence-electron chi connectivity index (χ1n) is 6.52. The first kappa shape index (κ1) is 11.9. The third-order valence-electron chi connectivity index (χ3n) is 4.99. The van der Waals surface area contributed by atoms with E-state index in [2.05, 4.69) is 0 Å². The van der Waals surface area contributed by atoms with Crippen LogP contribution in [0.2, 0.25) is 0 Å². The number of aliphatic carboxylic acids is 1. The zero-order valence-electron chi connectivity index (χ0n) is 10.0. The van der Waals surface area contributed by atoms with E-state index < -0.39 is 5.97 Å². The summed E-state index contributed by atoms with van der Waals surface area (Å²) in [6.45, 7) is 0.537. The molecular weight excluding hydrogens is 202 g/mol. The fourth-order valence-corrected chi connectivity index (χ4v) is 3.71. The number of carbonyl (C=O) groups is 1. The molecule has 1 spiro atoms. The lowest BCUT2D eigenvalue weighted by Gasteiger charge is -2.44. The fourth-order valence-electron chi connectivity index (χ4n) is 3.71. The predicted molar refractivity (Wildman–Crippen MR) is 63.1 cm³/mol. The number of nitrogens with two attached hydrogens (primary N) is 1. The Kier molecular flexibility index (Phi) is 3.24. The minimum Gasteiger partial charge on any atom is -0.481 e. The van der Waals surface area contributed by atoms with E-state index in [4.69, 9.17) is 10.8 Å². The van der Waals surface area contributed by atoms with Crippen LogP contribution in [0, 0.1) is 10.8 Å². The summed E-state index contributed by atoms with van der Waals surface area (Å²) in [6, 6.07) is 0. The summed E-state index contributed by atoms with van der Waals surface area (Å²) >= 11 is 0. The molecule has 3 heteroatoms. The second kappa shape index (κ2) is 4.36. The molecule has 2 saturated carbocycles. The Morgan fingerprint density at radius 1 is 1.06 bits per heavy atom. The van der Waals surface area contributed by atoms with Crippen LogP contribution in [0.4, 0.5) is 0 Å². The van der Waals surface area contributed by atoms with Crippen LogP contribution in [-0.4, -0.2) is 17.6 Å². The van der Waals surface area contributed by atoms with Crippen molar-refractivity contribution in [2.75, 3.05) is 6.54 Å². The van der Waals surface area contributed by atoms with Gasteiger partial charge in [0.25, 0.3) is 0 Å². The predicted octanol–water partition coefficient (Wildman–Crippen LogP) is 2.54. The highest BCUT2D eigenvalue weighted by Gasteiger charge is 2.44. The minimum atomic E-state index is -0.687. The summed E-state index contributed by atoms with van der Waals surface area (Å²) < 4.78 is 0. The summed E-state index contributed by atoms with van der Waals surface area (Å²) in [6.07, 6.45) is 10.2. The van der Waals surface area contributed by atoms with E-state index in [0.29, 0.717) is 12.0 Å². The molecule has 16 heavy (non-hydrogen) atoms. The Labute approximate surface area is 97.4 Å². The number of hydrogen-bond donors (Lipinski definition) is 2. The van der Waals surface area contributed by atoms with Crippen LogP contribution in [-0.2, 0) is 4.79 Å². The van der Waals surface area contributed by atoms with Gasteiger partial charge in [0.1, 0.15) is 0 Å². The Bertz CT molecular complexity index is 259. The van der Waals surface area contributed by atoms with Gasteiger partial charge in [-0.3, -0.25) is 4.79 Å². The monoisotopic (exact) mass is 225 g/mol. The smallest absolute Gasteiger partial charge is 0.303 e. The van der Waals surface area contributed by atoms with Crippen LogP contribution < -0.4 is 5.73 Å². The topological polar surface area (TPSA) is 63.3 Å². The van der Waals surface area contributed by atoms with Gasteiger partial charge in [-0.2, -0.15) is 0 Å². The second-order valence-electron chi connectivity index (χ2n) is 5.98. The molecule has 0 amide bonds. The number of rotatable bonds is 3. The molecule has 2 fully saturated rings. The lowest BCUT2D eigenvalue weighted by Crippen LogP contribution is -2.39. The molecule has 0 unspecified atom stereocenters. The Morgan fingerprint density at radius 3 is 2.06 bits per heavy atom. The number of carboxylic acids is 1. The molecular formula is C13H23NO2. The van der Waals surface area contributed by atoms with E-state index in [-0.39, 0.29) is 11.8 Å². The highest BCUT2D eigenvalue weighted by atomic mass is 16.4. The molecule has 0 bridgehead atoms. The van der Waals surface area contributed by atoms with Gasteiger partial charge in [0, 0.05) is 0 Å². The van der Waals surface area contributed by atoms with Crippen molar-refractivity contribution >= 4 is 5.97 Å². The molecule has 0 saturated heterocycles. The molecule has 3 N–H and O–H groups in total. The van der Waals surface area contributed by atoms with E-state index in [1.165, 1.54) is 38.5 Å². The maximum Gasteiger partial charge on any atom is 0.303 e. The SMILES string of the molecule is NCC1(CC(=O)O)CCC2(CCCC2)CC1. The lowest BCUT2D eigenvalue weighted by atomic mass is 9.62. The first-order chi connectivity index (χ1) is 7.60. The maximum atomic E-state index is 10.9. The van der Waals surface area contributed by atoms with E-state index in [9.17, 15) is 4.79 Å². The van der Waals surface area contributed by atoms with Crippen molar-refractivity contribution in [3.8, 4) is 0 Å². The normalized spacial score (nSPS) is 27.1. The lowest BCUT2D eigenvalue weighted by molar-refractivity contribution is -0.140. The van der Waals surface area contributed by atoms with Crippen molar-refractivity contribution in [3.63, 3.8) is 0 Å². The van der Waals surface area contributed by atoms with E-state index in [1.54, 1.807) is 0 Å². The second-order valence-corrected chi connectivity index (χ2v) is 5.98. The molecule has 0 aromatic rings. The van der Waals surface area contributed by atoms with Crippen LogP contribution in [0.5, 0.6) is 0 Å². The van der Waals surface area contributed by atoms with Gasteiger partial charge < -0.3 is 10.8 Å². The highest BCUT2D eigenvalue weighted by Crippen LogP contribution is 2.54. The summed E-state index contributed by atoms with van der Waals surface area (Å²) in [4.78, 5) is 10.9. The molecule has 0 aromatic carbocycles. The van der Waals surface area contributed by atoms with Gasteiger partial charge in [-0.1, -0.05) is 12.8 Å². The Hall–Kier alpha value is -0.570. The van der Waals surface area contributed by atoms with Gasteiger partial charge in [0.2, 0.25) is 0 Å². The standard InChI is InChI=1S/C13H23NO2/c14-10-13(9-11(15)16)7-5-12(6-8-13)3-1-2-4-12/h1-10,14H2,(H,15,16). The summed E-state index contributed by atoms with van der Waals surface area (Å²) in [5.74, 6) is -0.687. The summed E-state index contributed by atoms with van der Waals surface area (Å²) in [7, 11) is 0. The number of hydrogen-bond acceptors (Lipinski definition) is 2. The molecule has 0 radical (unpaired) electrons. The zero-order valence-corrected chi connectivity index (χ0v) is 10.0. The van der Waals surface area contributed by atoms with E-state index in [0.717, 1.165) is 12.8 Å². The van der Waals surface area contributed by atoms with Gasteiger partial charge in [0.15, 0.2) is 0 Å². The van der Waals surface area contributed by atoms with Crippen molar-refractivity contribution < 1.29 is 9.90 Å². The first-order valence-corrected chi connectivity index (χ1v) is 6.52. The third kappa shape index (κ3) is 2.24. The molecule has 2 aliphatic carbocycles. The van der Waals surface area contributed by atoms with E-state index >= 15 is 0 Å². The van der Waals surface area contributed by atoms with Crippen molar-refractivity contribution in [2.45, 2.75) is 57.8 Å².